The predicted octanol–water partition coefficient (Wildman–Crippen LogP) is 4.70. The lowest BCUT2D eigenvalue weighted by Crippen LogP contribution is -2.32. The van der Waals surface area contributed by atoms with Crippen LogP contribution in [-0.2, 0) is 11.2 Å². The minimum Gasteiger partial charge on any atom is -0.481 e. The van der Waals surface area contributed by atoms with Crippen LogP contribution < -0.4 is 10.1 Å². The van der Waals surface area contributed by atoms with Crippen molar-refractivity contribution in [1.29, 1.82) is 0 Å². The van der Waals surface area contributed by atoms with Crippen LogP contribution in [-0.4, -0.2) is 12.0 Å². The third-order valence-electron chi connectivity index (χ3n) is 3.38. The Morgan fingerprint density at radius 1 is 1.09 bits per heavy atom. The van der Waals surface area contributed by atoms with Crippen molar-refractivity contribution in [3.05, 3.63) is 59.1 Å². The van der Waals surface area contributed by atoms with E-state index in [1.165, 1.54) is 5.56 Å². The molecule has 0 heterocycles. The molecule has 0 saturated carbocycles. The van der Waals surface area contributed by atoms with Gasteiger partial charge in [0.1, 0.15) is 5.75 Å². The number of hydrogen-bond donors (Lipinski definition) is 1. The van der Waals surface area contributed by atoms with Crippen LogP contribution in [0.5, 0.6) is 5.75 Å². The number of carbonyl (C=O) groups is 1. The van der Waals surface area contributed by atoms with Crippen molar-refractivity contribution in [1.82, 2.24) is 0 Å². The van der Waals surface area contributed by atoms with E-state index in [9.17, 15) is 4.79 Å². The second-order valence-electron chi connectivity index (χ2n) is 5.01. The molecule has 0 aliphatic carbocycles. The summed E-state index contributed by atoms with van der Waals surface area (Å²) in [5.41, 5.74) is 2.02. The molecule has 2 rings (SSSR count). The number of anilines is 1. The average molecular weight is 318 g/mol. The normalized spacial score (nSPS) is 11.8. The molecule has 22 heavy (non-hydrogen) atoms. The van der Waals surface area contributed by atoms with Crippen molar-refractivity contribution in [3.63, 3.8) is 0 Å². The molecule has 0 radical (unpaired) electrons. The Hall–Kier alpha value is -2.00. The first kappa shape index (κ1) is 16.4. The van der Waals surface area contributed by atoms with Gasteiger partial charge >= 0.3 is 0 Å². The van der Waals surface area contributed by atoms with Crippen LogP contribution in [0.2, 0.25) is 5.02 Å². The van der Waals surface area contributed by atoms with Crippen molar-refractivity contribution in [3.8, 4) is 5.75 Å². The number of amides is 1. The Balaban J connectivity index is 1.99. The third kappa shape index (κ3) is 4.50. The number of hydrogen-bond acceptors (Lipinski definition) is 2. The van der Waals surface area contributed by atoms with E-state index < -0.39 is 6.10 Å². The SMILES string of the molecule is CCc1ccc(NC(=O)[C@@H](CC)Oc2ccc(Cl)cc2)cc1. The van der Waals surface area contributed by atoms with Crippen molar-refractivity contribution in [2.75, 3.05) is 5.32 Å². The van der Waals surface area contributed by atoms with Crippen molar-refractivity contribution >= 4 is 23.2 Å². The Morgan fingerprint density at radius 2 is 1.73 bits per heavy atom. The number of benzene rings is 2. The zero-order valence-corrected chi connectivity index (χ0v) is 13.6. The van der Waals surface area contributed by atoms with Gasteiger partial charge in [-0.2, -0.15) is 0 Å². The molecular weight excluding hydrogens is 298 g/mol. The number of halogens is 1. The van der Waals surface area contributed by atoms with Crippen LogP contribution in [0.25, 0.3) is 0 Å². The van der Waals surface area contributed by atoms with Crippen LogP contribution in [0.1, 0.15) is 25.8 Å². The molecule has 0 aliphatic heterocycles. The van der Waals surface area contributed by atoms with Gasteiger partial charge in [0.25, 0.3) is 5.91 Å². The summed E-state index contributed by atoms with van der Waals surface area (Å²) in [4.78, 5) is 12.3. The first-order valence-corrected chi connectivity index (χ1v) is 7.82. The molecule has 0 bridgehead atoms. The molecule has 3 nitrogen and oxygen atoms in total. The topological polar surface area (TPSA) is 38.3 Å². The summed E-state index contributed by atoms with van der Waals surface area (Å²) in [6.07, 6.45) is 1.03. The summed E-state index contributed by atoms with van der Waals surface area (Å²) >= 11 is 5.84. The standard InChI is InChI=1S/C18H20ClNO2/c1-3-13-5-9-15(10-6-13)20-18(21)17(4-2)22-16-11-7-14(19)8-12-16/h5-12,17H,3-4H2,1-2H3,(H,20,21)/t17-/m1/s1. The summed E-state index contributed by atoms with van der Waals surface area (Å²) in [5, 5.41) is 3.53. The van der Waals surface area contributed by atoms with E-state index in [-0.39, 0.29) is 5.91 Å². The first-order chi connectivity index (χ1) is 10.6. The third-order valence-corrected chi connectivity index (χ3v) is 3.64. The molecule has 1 N–H and O–H groups in total. The van der Waals surface area contributed by atoms with Gasteiger partial charge in [0.15, 0.2) is 6.10 Å². The summed E-state index contributed by atoms with van der Waals surface area (Å²) in [7, 11) is 0. The van der Waals surface area contributed by atoms with Gasteiger partial charge in [-0.1, -0.05) is 37.6 Å². The summed E-state index contributed by atoms with van der Waals surface area (Å²) in [5.74, 6) is 0.481. The Kier molecular flexibility index (Phi) is 5.84. The Bertz CT molecular complexity index is 608. The zero-order valence-electron chi connectivity index (χ0n) is 12.8. The van der Waals surface area contributed by atoms with Crippen LogP contribution in [0, 0.1) is 0 Å². The average Bonchev–Trinajstić information content (AvgIpc) is 2.55. The Labute approximate surface area is 136 Å². The van der Waals surface area contributed by atoms with E-state index in [2.05, 4.69) is 12.2 Å². The van der Waals surface area contributed by atoms with Gasteiger partial charge in [-0.15, -0.1) is 0 Å². The second-order valence-corrected chi connectivity index (χ2v) is 5.44. The number of ether oxygens (including phenoxy) is 1. The van der Waals surface area contributed by atoms with Gasteiger partial charge in [-0.25, -0.2) is 0 Å². The number of aryl methyl sites for hydroxylation is 1. The lowest BCUT2D eigenvalue weighted by Gasteiger charge is -2.17. The van der Waals surface area contributed by atoms with Crippen molar-refractivity contribution in [2.45, 2.75) is 32.8 Å². The fraction of sp³-hybridized carbons (Fsp3) is 0.278. The molecule has 116 valence electrons. The largest absolute Gasteiger partial charge is 0.481 e. The van der Waals surface area contributed by atoms with E-state index in [0.717, 1.165) is 12.1 Å². The van der Waals surface area contributed by atoms with Crippen molar-refractivity contribution in [2.24, 2.45) is 0 Å². The second kappa shape index (κ2) is 7.85. The van der Waals surface area contributed by atoms with Gasteiger partial charge in [0, 0.05) is 10.7 Å². The van der Waals surface area contributed by atoms with Gasteiger partial charge in [-0.05, 0) is 54.8 Å². The van der Waals surface area contributed by atoms with Crippen LogP contribution in [0.3, 0.4) is 0 Å². The fourth-order valence-corrected chi connectivity index (χ4v) is 2.17. The lowest BCUT2D eigenvalue weighted by atomic mass is 10.1. The lowest BCUT2D eigenvalue weighted by molar-refractivity contribution is -0.122. The molecule has 2 aromatic rings. The van der Waals surface area contributed by atoms with E-state index >= 15 is 0 Å². The molecule has 0 aromatic heterocycles. The molecular formula is C18H20ClNO2. The minimum absolute atomic E-state index is 0.151. The smallest absolute Gasteiger partial charge is 0.265 e. The summed E-state index contributed by atoms with van der Waals surface area (Å²) in [6, 6.07) is 14.8. The van der Waals surface area contributed by atoms with Gasteiger partial charge in [0.05, 0.1) is 0 Å². The highest BCUT2D eigenvalue weighted by Crippen LogP contribution is 2.18. The van der Waals surface area contributed by atoms with Crippen LogP contribution in [0.4, 0.5) is 5.69 Å². The monoisotopic (exact) mass is 317 g/mol. The minimum atomic E-state index is -0.535. The zero-order chi connectivity index (χ0) is 15.9. The maximum Gasteiger partial charge on any atom is 0.265 e. The van der Waals surface area contributed by atoms with E-state index in [0.29, 0.717) is 17.2 Å². The summed E-state index contributed by atoms with van der Waals surface area (Å²) in [6.45, 7) is 4.01. The highest BCUT2D eigenvalue weighted by atomic mass is 35.5. The van der Waals surface area contributed by atoms with Crippen LogP contribution >= 0.6 is 11.6 Å². The first-order valence-electron chi connectivity index (χ1n) is 7.44. The van der Waals surface area contributed by atoms with Crippen LogP contribution in [0.15, 0.2) is 48.5 Å². The molecule has 1 amide bonds. The fourth-order valence-electron chi connectivity index (χ4n) is 2.05. The van der Waals surface area contributed by atoms with Gasteiger partial charge < -0.3 is 10.1 Å². The molecule has 1 atom stereocenters. The highest BCUT2D eigenvalue weighted by molar-refractivity contribution is 6.30. The van der Waals surface area contributed by atoms with E-state index in [1.807, 2.05) is 31.2 Å². The molecule has 0 saturated heterocycles. The number of rotatable bonds is 6. The number of carbonyl (C=O) groups excluding carboxylic acids is 1. The molecule has 2 aromatic carbocycles. The maximum atomic E-state index is 12.3. The molecule has 4 heteroatoms. The molecule has 0 aliphatic rings. The molecule has 0 spiro atoms. The predicted molar refractivity (Wildman–Crippen MR) is 90.6 cm³/mol. The molecule has 0 unspecified atom stereocenters. The van der Waals surface area contributed by atoms with E-state index in [1.54, 1.807) is 24.3 Å². The van der Waals surface area contributed by atoms with Gasteiger partial charge in [0.2, 0.25) is 0 Å². The van der Waals surface area contributed by atoms with Gasteiger partial charge in [-0.3, -0.25) is 4.79 Å². The molecule has 0 fully saturated rings. The highest BCUT2D eigenvalue weighted by Gasteiger charge is 2.18. The van der Waals surface area contributed by atoms with Crippen molar-refractivity contribution < 1.29 is 9.53 Å². The Morgan fingerprint density at radius 3 is 2.27 bits per heavy atom. The quantitative estimate of drug-likeness (QED) is 0.838. The van der Waals surface area contributed by atoms with E-state index in [4.69, 9.17) is 16.3 Å². The summed E-state index contributed by atoms with van der Waals surface area (Å²) < 4.78 is 5.73. The number of nitrogens with one attached hydrogen (secondary N) is 1. The maximum absolute atomic E-state index is 12.3.